The number of amides is 1. The molecule has 30 heavy (non-hydrogen) atoms. The molecule has 0 bridgehead atoms. The quantitative estimate of drug-likeness (QED) is 0.390. The monoisotopic (exact) mass is 397 g/mol. The Balaban J connectivity index is 1.67. The number of anilines is 2. The Kier molecular flexibility index (Phi) is 6.86. The van der Waals surface area contributed by atoms with Crippen LogP contribution in [0.25, 0.3) is 0 Å². The number of ether oxygens (including phenoxy) is 1. The first-order chi connectivity index (χ1) is 14.6. The molecule has 0 heterocycles. The number of benzene rings is 3. The number of hydrogen-bond acceptors (Lipinski definition) is 4. The Hall–Kier alpha value is -4.04. The molecule has 2 N–H and O–H groups in total. The third-order valence-corrected chi connectivity index (χ3v) is 4.56. The highest BCUT2D eigenvalue weighted by Crippen LogP contribution is 2.23. The number of nitriles is 1. The van der Waals surface area contributed by atoms with E-state index in [1.165, 1.54) is 6.20 Å². The van der Waals surface area contributed by atoms with E-state index >= 15 is 0 Å². The first-order valence-electron chi connectivity index (χ1n) is 9.70. The van der Waals surface area contributed by atoms with Crippen LogP contribution in [0.4, 0.5) is 11.4 Å². The van der Waals surface area contributed by atoms with Gasteiger partial charge in [0.25, 0.3) is 5.91 Å². The van der Waals surface area contributed by atoms with E-state index in [0.29, 0.717) is 5.75 Å². The molecule has 150 valence electrons. The maximum atomic E-state index is 12.6. The van der Waals surface area contributed by atoms with E-state index in [2.05, 4.69) is 10.6 Å². The first kappa shape index (κ1) is 20.7. The molecule has 0 saturated heterocycles. The molecule has 0 aliphatic carbocycles. The summed E-state index contributed by atoms with van der Waals surface area (Å²) in [6.45, 7) is 3.96. The number of rotatable bonds is 7. The Morgan fingerprint density at radius 2 is 1.70 bits per heavy atom. The van der Waals surface area contributed by atoms with Crippen LogP contribution in [0.3, 0.4) is 0 Å². The summed E-state index contributed by atoms with van der Waals surface area (Å²) >= 11 is 0. The van der Waals surface area contributed by atoms with Crippen LogP contribution in [0.2, 0.25) is 0 Å². The Bertz CT molecular complexity index is 1080. The fourth-order valence-electron chi connectivity index (χ4n) is 2.93. The molecule has 3 rings (SSSR count). The molecule has 0 fully saturated rings. The van der Waals surface area contributed by atoms with Gasteiger partial charge in [0.05, 0.1) is 0 Å². The van der Waals surface area contributed by atoms with Crippen molar-refractivity contribution in [3.63, 3.8) is 0 Å². The highest BCUT2D eigenvalue weighted by atomic mass is 16.5. The molecule has 0 radical (unpaired) electrons. The van der Waals surface area contributed by atoms with Crippen molar-refractivity contribution in [2.24, 2.45) is 0 Å². The number of carbonyl (C=O) groups is 1. The number of nitrogens with zero attached hydrogens (tertiary/aromatic N) is 1. The topological polar surface area (TPSA) is 74.2 Å². The van der Waals surface area contributed by atoms with E-state index < -0.39 is 5.91 Å². The van der Waals surface area contributed by atoms with Gasteiger partial charge < -0.3 is 15.4 Å². The van der Waals surface area contributed by atoms with E-state index in [-0.39, 0.29) is 5.57 Å². The van der Waals surface area contributed by atoms with Gasteiger partial charge in [-0.3, -0.25) is 4.79 Å². The zero-order valence-corrected chi connectivity index (χ0v) is 17.0. The maximum absolute atomic E-state index is 12.6. The number of para-hydroxylation sites is 2. The highest BCUT2D eigenvalue weighted by Gasteiger charge is 2.13. The predicted octanol–water partition coefficient (Wildman–Crippen LogP) is 5.81. The SMILES string of the molecule is CCc1cccc(C)c1NC(=O)/C(C#N)=C\Nc1ccc(Oc2ccccc2)cc1. The van der Waals surface area contributed by atoms with E-state index in [0.717, 1.165) is 34.7 Å². The van der Waals surface area contributed by atoms with Crippen molar-refractivity contribution in [1.29, 1.82) is 5.26 Å². The third-order valence-electron chi connectivity index (χ3n) is 4.56. The number of carbonyl (C=O) groups excluding carboxylic acids is 1. The van der Waals surface area contributed by atoms with Crippen LogP contribution in [-0.4, -0.2) is 5.91 Å². The number of nitrogens with one attached hydrogen (secondary N) is 2. The molecule has 0 aliphatic heterocycles. The molecule has 3 aromatic carbocycles. The van der Waals surface area contributed by atoms with Gasteiger partial charge in [0.2, 0.25) is 0 Å². The molecule has 0 aromatic heterocycles. The molecular weight excluding hydrogens is 374 g/mol. The van der Waals surface area contributed by atoms with Gasteiger partial charge >= 0.3 is 0 Å². The van der Waals surface area contributed by atoms with Crippen molar-refractivity contribution in [3.05, 3.63) is 95.7 Å². The lowest BCUT2D eigenvalue weighted by atomic mass is 10.1. The second-order valence-corrected chi connectivity index (χ2v) is 6.67. The predicted molar refractivity (Wildman–Crippen MR) is 119 cm³/mol. The van der Waals surface area contributed by atoms with Crippen LogP contribution < -0.4 is 15.4 Å². The second-order valence-electron chi connectivity index (χ2n) is 6.67. The van der Waals surface area contributed by atoms with E-state index in [1.54, 1.807) is 0 Å². The molecule has 1 amide bonds. The van der Waals surface area contributed by atoms with Crippen molar-refractivity contribution >= 4 is 17.3 Å². The Labute approximate surface area is 176 Å². The first-order valence-corrected chi connectivity index (χ1v) is 9.70. The van der Waals surface area contributed by atoms with Gasteiger partial charge in [-0.25, -0.2) is 0 Å². The minimum absolute atomic E-state index is 0.00933. The zero-order chi connectivity index (χ0) is 21.3. The van der Waals surface area contributed by atoms with Crippen molar-refractivity contribution in [2.75, 3.05) is 10.6 Å². The van der Waals surface area contributed by atoms with Gasteiger partial charge in [-0.05, 0) is 60.9 Å². The molecule has 0 unspecified atom stereocenters. The summed E-state index contributed by atoms with van der Waals surface area (Å²) in [5, 5.41) is 15.3. The molecule has 5 heteroatoms. The molecule has 5 nitrogen and oxygen atoms in total. The van der Waals surface area contributed by atoms with Crippen molar-refractivity contribution in [3.8, 4) is 17.6 Å². The number of hydrogen-bond donors (Lipinski definition) is 2. The summed E-state index contributed by atoms with van der Waals surface area (Å²) in [7, 11) is 0. The van der Waals surface area contributed by atoms with Crippen LogP contribution in [0, 0.1) is 18.3 Å². The summed E-state index contributed by atoms with van der Waals surface area (Å²) in [4.78, 5) is 12.6. The van der Waals surface area contributed by atoms with Crippen LogP contribution >= 0.6 is 0 Å². The average molecular weight is 397 g/mol. The largest absolute Gasteiger partial charge is 0.457 e. The van der Waals surface area contributed by atoms with E-state index in [9.17, 15) is 10.1 Å². The minimum atomic E-state index is -0.446. The van der Waals surface area contributed by atoms with Gasteiger partial charge in [0.15, 0.2) is 0 Å². The summed E-state index contributed by atoms with van der Waals surface area (Å²) < 4.78 is 5.76. The normalized spacial score (nSPS) is 10.8. The lowest BCUT2D eigenvalue weighted by molar-refractivity contribution is -0.112. The van der Waals surface area contributed by atoms with Gasteiger partial charge in [-0.1, -0.05) is 43.3 Å². The Morgan fingerprint density at radius 1 is 1.00 bits per heavy atom. The molecule has 0 spiro atoms. The number of aryl methyl sites for hydroxylation is 2. The fraction of sp³-hybridized carbons (Fsp3) is 0.120. The fourth-order valence-corrected chi connectivity index (χ4v) is 2.93. The minimum Gasteiger partial charge on any atom is -0.457 e. The lowest BCUT2D eigenvalue weighted by Crippen LogP contribution is -2.16. The standard InChI is InChI=1S/C25H23N3O2/c1-3-19-9-7-8-18(2)24(19)28-25(29)20(16-26)17-27-21-12-14-23(15-13-21)30-22-10-5-4-6-11-22/h4-15,17,27H,3H2,1-2H3,(H,28,29)/b20-17-. The van der Waals surface area contributed by atoms with Gasteiger partial charge in [0.1, 0.15) is 23.1 Å². The van der Waals surface area contributed by atoms with Crippen LogP contribution in [0.15, 0.2) is 84.6 Å². The molecular formula is C25H23N3O2. The van der Waals surface area contributed by atoms with E-state index in [1.807, 2.05) is 92.7 Å². The van der Waals surface area contributed by atoms with Gasteiger partial charge in [0, 0.05) is 17.6 Å². The summed E-state index contributed by atoms with van der Waals surface area (Å²) in [5.74, 6) is 1.00. The zero-order valence-electron chi connectivity index (χ0n) is 17.0. The Morgan fingerprint density at radius 3 is 2.37 bits per heavy atom. The molecule has 0 atom stereocenters. The molecule has 0 aliphatic rings. The van der Waals surface area contributed by atoms with E-state index in [4.69, 9.17) is 4.74 Å². The maximum Gasteiger partial charge on any atom is 0.267 e. The summed E-state index contributed by atoms with van der Waals surface area (Å²) in [5.41, 5.74) is 3.48. The van der Waals surface area contributed by atoms with Gasteiger partial charge in [-0.15, -0.1) is 0 Å². The van der Waals surface area contributed by atoms with Crippen molar-refractivity contribution in [2.45, 2.75) is 20.3 Å². The lowest BCUT2D eigenvalue weighted by Gasteiger charge is -2.12. The molecule has 3 aromatic rings. The third kappa shape index (κ3) is 5.27. The summed E-state index contributed by atoms with van der Waals surface area (Å²) in [6.07, 6.45) is 2.20. The van der Waals surface area contributed by atoms with Gasteiger partial charge in [-0.2, -0.15) is 5.26 Å². The second kappa shape index (κ2) is 9.94. The van der Waals surface area contributed by atoms with Crippen molar-refractivity contribution < 1.29 is 9.53 Å². The summed E-state index contributed by atoms with van der Waals surface area (Å²) in [6, 6.07) is 24.6. The van der Waals surface area contributed by atoms with Crippen LogP contribution in [-0.2, 0) is 11.2 Å². The van der Waals surface area contributed by atoms with Crippen LogP contribution in [0.5, 0.6) is 11.5 Å². The molecule has 0 saturated carbocycles. The average Bonchev–Trinajstić information content (AvgIpc) is 2.77. The highest BCUT2D eigenvalue weighted by molar-refractivity contribution is 6.07. The van der Waals surface area contributed by atoms with Crippen molar-refractivity contribution in [1.82, 2.24) is 0 Å². The van der Waals surface area contributed by atoms with Crippen LogP contribution in [0.1, 0.15) is 18.1 Å². The smallest absolute Gasteiger partial charge is 0.267 e.